The predicted molar refractivity (Wildman–Crippen MR) is 84.5 cm³/mol. The van der Waals surface area contributed by atoms with Gasteiger partial charge in [0.2, 0.25) is 0 Å². The molecule has 1 N–H and O–H groups in total. The minimum absolute atomic E-state index is 0.480. The molecule has 19 heavy (non-hydrogen) atoms. The van der Waals surface area contributed by atoms with Crippen LogP contribution in [0.3, 0.4) is 0 Å². The lowest BCUT2D eigenvalue weighted by molar-refractivity contribution is 0.521. The minimum Gasteiger partial charge on any atom is -0.314 e. The van der Waals surface area contributed by atoms with Gasteiger partial charge in [-0.2, -0.15) is 0 Å². The van der Waals surface area contributed by atoms with Crippen molar-refractivity contribution in [3.8, 4) is 0 Å². The molecular formula is C18H23N. The first-order valence-corrected chi connectivity index (χ1v) is 7.05. The molecule has 0 aromatic heterocycles. The normalized spacial score (nSPS) is 12.5. The molecule has 0 aliphatic carbocycles. The Balaban J connectivity index is 2.25. The molecule has 2 aromatic rings. The molecule has 0 fully saturated rings. The quantitative estimate of drug-likeness (QED) is 0.756. The van der Waals surface area contributed by atoms with Gasteiger partial charge in [0.25, 0.3) is 0 Å². The van der Waals surface area contributed by atoms with E-state index in [9.17, 15) is 0 Å². The number of hydrogen-bond acceptors (Lipinski definition) is 1. The van der Waals surface area contributed by atoms with Gasteiger partial charge in [0.15, 0.2) is 0 Å². The second-order valence-corrected chi connectivity index (χ2v) is 5.26. The Bertz CT molecular complexity index is 551. The lowest BCUT2D eigenvalue weighted by Crippen LogP contribution is -2.31. The average Bonchev–Trinajstić information content (AvgIpc) is 2.39. The molecule has 100 valence electrons. The summed E-state index contributed by atoms with van der Waals surface area (Å²) in [5, 5.41) is 6.26. The zero-order valence-corrected chi connectivity index (χ0v) is 11.9. The van der Waals surface area contributed by atoms with Crippen LogP contribution in [0.15, 0.2) is 54.6 Å². The highest BCUT2D eigenvalue weighted by molar-refractivity contribution is 5.85. The van der Waals surface area contributed by atoms with Crippen LogP contribution in [0.1, 0.15) is 25.8 Å². The molecule has 0 spiro atoms. The zero-order valence-electron chi connectivity index (χ0n) is 11.9. The van der Waals surface area contributed by atoms with Gasteiger partial charge >= 0.3 is 0 Å². The Labute approximate surface area is 116 Å². The standard InChI is InChI=1S/C18H23N/c1-4-19-17(12-14(2)3)13-16-10-7-9-15-8-5-6-11-18(15)16/h5-11,17,19H,2,4,12-13H2,1,3H3. The van der Waals surface area contributed by atoms with Crippen LogP contribution in [0.5, 0.6) is 0 Å². The summed E-state index contributed by atoms with van der Waals surface area (Å²) in [6, 6.07) is 15.7. The van der Waals surface area contributed by atoms with Crippen LogP contribution >= 0.6 is 0 Å². The van der Waals surface area contributed by atoms with E-state index in [0.717, 1.165) is 19.4 Å². The topological polar surface area (TPSA) is 12.0 Å². The van der Waals surface area contributed by atoms with Gasteiger partial charge in [0.1, 0.15) is 0 Å². The zero-order chi connectivity index (χ0) is 13.7. The van der Waals surface area contributed by atoms with Gasteiger partial charge in [-0.25, -0.2) is 0 Å². The van der Waals surface area contributed by atoms with Crippen LogP contribution in [0.25, 0.3) is 10.8 Å². The maximum absolute atomic E-state index is 4.04. The fourth-order valence-corrected chi connectivity index (χ4v) is 2.66. The Morgan fingerprint density at radius 3 is 2.63 bits per heavy atom. The monoisotopic (exact) mass is 253 g/mol. The van der Waals surface area contributed by atoms with Crippen LogP contribution in [0.2, 0.25) is 0 Å². The van der Waals surface area contributed by atoms with Gasteiger partial charge in [0.05, 0.1) is 0 Å². The van der Waals surface area contributed by atoms with Crippen molar-refractivity contribution >= 4 is 10.8 Å². The Morgan fingerprint density at radius 1 is 1.16 bits per heavy atom. The molecule has 0 saturated carbocycles. The highest BCUT2D eigenvalue weighted by Crippen LogP contribution is 2.21. The van der Waals surface area contributed by atoms with E-state index in [1.807, 2.05) is 0 Å². The van der Waals surface area contributed by atoms with E-state index in [-0.39, 0.29) is 0 Å². The Hall–Kier alpha value is -1.60. The van der Waals surface area contributed by atoms with Crippen LogP contribution < -0.4 is 5.32 Å². The Morgan fingerprint density at radius 2 is 1.89 bits per heavy atom. The summed E-state index contributed by atoms with van der Waals surface area (Å²) in [4.78, 5) is 0. The SMILES string of the molecule is C=C(C)CC(Cc1cccc2ccccc12)NCC. The molecule has 0 amide bonds. The summed E-state index contributed by atoms with van der Waals surface area (Å²) in [6.07, 6.45) is 2.10. The van der Waals surface area contributed by atoms with Crippen molar-refractivity contribution in [2.45, 2.75) is 32.7 Å². The molecule has 0 saturated heterocycles. The maximum atomic E-state index is 4.04. The summed E-state index contributed by atoms with van der Waals surface area (Å²) in [5.41, 5.74) is 2.66. The number of nitrogens with one attached hydrogen (secondary N) is 1. The van der Waals surface area contributed by atoms with Crippen molar-refractivity contribution in [1.82, 2.24) is 5.32 Å². The molecule has 1 atom stereocenters. The minimum atomic E-state index is 0.480. The van der Waals surface area contributed by atoms with Crippen molar-refractivity contribution in [3.63, 3.8) is 0 Å². The van der Waals surface area contributed by atoms with E-state index in [0.29, 0.717) is 6.04 Å². The average molecular weight is 253 g/mol. The van der Waals surface area contributed by atoms with Crippen molar-refractivity contribution < 1.29 is 0 Å². The molecule has 1 unspecified atom stereocenters. The lowest BCUT2D eigenvalue weighted by Gasteiger charge is -2.19. The smallest absolute Gasteiger partial charge is 0.0144 e. The molecular weight excluding hydrogens is 230 g/mol. The first kappa shape index (κ1) is 13.8. The molecule has 1 nitrogen and oxygen atoms in total. The molecule has 0 aliphatic rings. The van der Waals surface area contributed by atoms with Gasteiger partial charge in [-0.05, 0) is 42.6 Å². The van der Waals surface area contributed by atoms with Crippen LogP contribution in [-0.2, 0) is 6.42 Å². The molecule has 0 aliphatic heterocycles. The van der Waals surface area contributed by atoms with Crippen molar-refractivity contribution in [1.29, 1.82) is 0 Å². The third-order valence-corrected chi connectivity index (χ3v) is 3.43. The summed E-state index contributed by atoms with van der Waals surface area (Å²) in [6.45, 7) is 9.31. The van der Waals surface area contributed by atoms with Gasteiger partial charge in [0, 0.05) is 6.04 Å². The van der Waals surface area contributed by atoms with Crippen molar-refractivity contribution in [3.05, 3.63) is 60.2 Å². The van der Waals surface area contributed by atoms with Crippen LogP contribution in [-0.4, -0.2) is 12.6 Å². The lowest BCUT2D eigenvalue weighted by atomic mass is 9.96. The van der Waals surface area contributed by atoms with E-state index in [1.54, 1.807) is 0 Å². The number of benzene rings is 2. The van der Waals surface area contributed by atoms with Crippen LogP contribution in [0.4, 0.5) is 0 Å². The van der Waals surface area contributed by atoms with Crippen molar-refractivity contribution in [2.24, 2.45) is 0 Å². The van der Waals surface area contributed by atoms with Crippen molar-refractivity contribution in [2.75, 3.05) is 6.54 Å². The molecule has 2 aromatic carbocycles. The first-order valence-electron chi connectivity index (χ1n) is 7.05. The third kappa shape index (κ3) is 3.68. The van der Waals surface area contributed by atoms with Crippen LogP contribution in [0, 0.1) is 0 Å². The highest BCUT2D eigenvalue weighted by atomic mass is 14.9. The Kier molecular flexibility index (Phi) is 4.75. The van der Waals surface area contributed by atoms with Gasteiger partial charge in [-0.15, -0.1) is 6.58 Å². The summed E-state index contributed by atoms with van der Waals surface area (Å²) >= 11 is 0. The first-order chi connectivity index (χ1) is 9.20. The fourth-order valence-electron chi connectivity index (χ4n) is 2.66. The second-order valence-electron chi connectivity index (χ2n) is 5.26. The van der Waals surface area contributed by atoms with E-state index >= 15 is 0 Å². The van der Waals surface area contributed by atoms with Gasteiger partial charge < -0.3 is 5.32 Å². The number of hydrogen-bond donors (Lipinski definition) is 1. The van der Waals surface area contributed by atoms with Gasteiger partial charge in [-0.1, -0.05) is 55.0 Å². The van der Waals surface area contributed by atoms with E-state index in [1.165, 1.54) is 21.9 Å². The highest BCUT2D eigenvalue weighted by Gasteiger charge is 2.10. The fraction of sp³-hybridized carbons (Fsp3) is 0.333. The van der Waals surface area contributed by atoms with Gasteiger partial charge in [-0.3, -0.25) is 0 Å². The van der Waals surface area contributed by atoms with E-state index in [2.05, 4.69) is 68.2 Å². The summed E-state index contributed by atoms with van der Waals surface area (Å²) < 4.78 is 0. The van der Waals surface area contributed by atoms with E-state index in [4.69, 9.17) is 0 Å². The molecule has 2 rings (SSSR count). The largest absolute Gasteiger partial charge is 0.314 e. The maximum Gasteiger partial charge on any atom is 0.0144 e. The third-order valence-electron chi connectivity index (χ3n) is 3.43. The number of rotatable bonds is 6. The molecule has 1 heteroatoms. The molecule has 0 radical (unpaired) electrons. The number of fused-ring (bicyclic) bond motifs is 1. The van der Waals surface area contributed by atoms with E-state index < -0.39 is 0 Å². The summed E-state index contributed by atoms with van der Waals surface area (Å²) in [7, 11) is 0. The summed E-state index contributed by atoms with van der Waals surface area (Å²) in [5.74, 6) is 0. The second kappa shape index (κ2) is 6.53. The molecule has 0 heterocycles. The molecule has 0 bridgehead atoms. The predicted octanol–water partition coefficient (Wildman–Crippen LogP) is 4.33. The number of likely N-dealkylation sites (N-methyl/N-ethyl adjacent to an activating group) is 1.